The summed E-state index contributed by atoms with van der Waals surface area (Å²) >= 11 is 1.15. The fourth-order valence-electron chi connectivity index (χ4n) is 3.40. The molecular formula is C17H16FN3O3S. The summed E-state index contributed by atoms with van der Waals surface area (Å²) in [4.78, 5) is 26.2. The van der Waals surface area contributed by atoms with Crippen LogP contribution in [0.5, 0.6) is 0 Å². The van der Waals surface area contributed by atoms with E-state index in [1.54, 1.807) is 10.5 Å². The molecule has 2 aromatic heterocycles. The summed E-state index contributed by atoms with van der Waals surface area (Å²) in [7, 11) is 0. The molecule has 0 aliphatic carbocycles. The lowest BCUT2D eigenvalue weighted by atomic mass is 10.0. The molecule has 3 N–H and O–H groups in total. The number of pyridine rings is 1. The lowest BCUT2D eigenvalue weighted by Crippen LogP contribution is -2.40. The van der Waals surface area contributed by atoms with Crippen LogP contribution in [0.15, 0.2) is 16.9 Å². The molecule has 1 aromatic carbocycles. The third kappa shape index (κ3) is 2.32. The molecule has 8 heteroatoms. The summed E-state index contributed by atoms with van der Waals surface area (Å²) in [5, 5.41) is 9.39. The molecular weight excluding hydrogens is 345 g/mol. The Morgan fingerprint density at radius 3 is 2.64 bits per heavy atom. The predicted molar refractivity (Wildman–Crippen MR) is 96.1 cm³/mol. The van der Waals surface area contributed by atoms with Crippen LogP contribution in [0.4, 0.5) is 10.1 Å². The fourth-order valence-corrected chi connectivity index (χ4v) is 4.36. The number of aromatic nitrogens is 1. The van der Waals surface area contributed by atoms with Gasteiger partial charge in [0, 0.05) is 19.1 Å². The molecule has 6 nitrogen and oxygen atoms in total. The van der Waals surface area contributed by atoms with Crippen LogP contribution in [0.2, 0.25) is 0 Å². The molecule has 0 amide bonds. The highest BCUT2D eigenvalue weighted by Gasteiger charge is 2.24. The van der Waals surface area contributed by atoms with Crippen LogP contribution in [0, 0.1) is 5.82 Å². The molecule has 1 saturated heterocycles. The highest BCUT2D eigenvalue weighted by molar-refractivity contribution is 7.17. The summed E-state index contributed by atoms with van der Waals surface area (Å²) in [6.45, 7) is 5.15. The second-order valence-corrected chi connectivity index (χ2v) is 7.35. The van der Waals surface area contributed by atoms with E-state index in [2.05, 4.69) is 6.58 Å². The fraction of sp³-hybridized carbons (Fsp3) is 0.294. The lowest BCUT2D eigenvalue weighted by molar-refractivity contribution is 0.0697. The Labute approximate surface area is 145 Å². The van der Waals surface area contributed by atoms with Gasteiger partial charge in [0.05, 0.1) is 21.3 Å². The van der Waals surface area contributed by atoms with E-state index >= 15 is 0 Å². The van der Waals surface area contributed by atoms with Crippen molar-refractivity contribution in [1.82, 2.24) is 4.40 Å². The Bertz CT molecular complexity index is 1110. The summed E-state index contributed by atoms with van der Waals surface area (Å²) in [5.74, 6) is -1.85. The zero-order valence-electron chi connectivity index (χ0n) is 13.3. The van der Waals surface area contributed by atoms with Gasteiger partial charge in [0.1, 0.15) is 16.2 Å². The number of hydrogen-bond donors (Lipinski definition) is 2. The van der Waals surface area contributed by atoms with Gasteiger partial charge in [-0.25, -0.2) is 9.18 Å². The van der Waals surface area contributed by atoms with Crippen molar-refractivity contribution in [2.24, 2.45) is 5.73 Å². The van der Waals surface area contributed by atoms with Crippen LogP contribution in [0.25, 0.3) is 22.3 Å². The van der Waals surface area contributed by atoms with E-state index in [4.69, 9.17) is 5.73 Å². The van der Waals surface area contributed by atoms with Crippen LogP contribution in [0.3, 0.4) is 0 Å². The van der Waals surface area contributed by atoms with Crippen LogP contribution in [-0.2, 0) is 0 Å². The first-order valence-electron chi connectivity index (χ1n) is 7.91. The maximum absolute atomic E-state index is 14.7. The molecule has 3 heterocycles. The molecule has 0 saturated carbocycles. The minimum Gasteiger partial charge on any atom is -0.477 e. The van der Waals surface area contributed by atoms with Gasteiger partial charge in [-0.1, -0.05) is 17.9 Å². The second-order valence-electron chi connectivity index (χ2n) is 6.29. The summed E-state index contributed by atoms with van der Waals surface area (Å²) in [6, 6.07) is 2.87. The van der Waals surface area contributed by atoms with Gasteiger partial charge in [-0.3, -0.25) is 9.20 Å². The summed E-state index contributed by atoms with van der Waals surface area (Å²) in [5.41, 5.74) is 5.79. The number of benzene rings is 1. The monoisotopic (exact) mass is 361 g/mol. The summed E-state index contributed by atoms with van der Waals surface area (Å²) < 4.78 is 16.9. The number of nitrogens with zero attached hydrogens (tertiary/aromatic N) is 2. The molecule has 0 radical (unpaired) electrons. The summed E-state index contributed by atoms with van der Waals surface area (Å²) in [6.07, 6.45) is 1.55. The van der Waals surface area contributed by atoms with Crippen molar-refractivity contribution in [3.8, 4) is 0 Å². The van der Waals surface area contributed by atoms with E-state index in [0.29, 0.717) is 33.8 Å². The van der Waals surface area contributed by atoms with Crippen LogP contribution < -0.4 is 20.7 Å². The molecule has 0 bridgehead atoms. The average molecular weight is 361 g/mol. The predicted octanol–water partition coefficient (Wildman–Crippen LogP) is 1.41. The van der Waals surface area contributed by atoms with Crippen molar-refractivity contribution in [2.45, 2.75) is 18.9 Å². The number of nitrogens with two attached hydrogens (primary N) is 1. The van der Waals surface area contributed by atoms with Gasteiger partial charge < -0.3 is 15.7 Å². The smallest absolute Gasteiger partial charge is 0.342 e. The van der Waals surface area contributed by atoms with Crippen molar-refractivity contribution in [3.05, 3.63) is 38.4 Å². The third-order valence-corrected chi connectivity index (χ3v) is 5.75. The molecule has 0 spiro atoms. The second kappa shape index (κ2) is 5.53. The molecule has 4 rings (SSSR count). The first-order valence-corrected chi connectivity index (χ1v) is 8.73. The lowest BCUT2D eigenvalue weighted by Gasteiger charge is -2.32. The van der Waals surface area contributed by atoms with Crippen molar-refractivity contribution in [1.29, 1.82) is 0 Å². The molecule has 1 aliphatic rings. The van der Waals surface area contributed by atoms with Gasteiger partial charge in [-0.05, 0) is 25.0 Å². The third-order valence-electron chi connectivity index (χ3n) is 4.75. The first kappa shape index (κ1) is 16.0. The van der Waals surface area contributed by atoms with Gasteiger partial charge in [-0.15, -0.1) is 0 Å². The van der Waals surface area contributed by atoms with Crippen LogP contribution in [0.1, 0.15) is 23.2 Å². The molecule has 130 valence electrons. The Hall–Kier alpha value is -2.45. The minimum absolute atomic E-state index is 0.0533. The number of halogens is 1. The minimum atomic E-state index is -1.31. The number of carboxylic acid groups (broad SMARTS) is 1. The number of fused-ring (bicyclic) bond motifs is 3. The SMILES string of the molecule is C=c1sc2c(C(=O)O)c(=O)c3cc(F)c(N4CCC(N)CC4)cc3n12. The molecule has 0 unspecified atom stereocenters. The van der Waals surface area contributed by atoms with E-state index in [0.717, 1.165) is 30.2 Å². The normalized spacial score (nSPS) is 16.2. The topological polar surface area (TPSA) is 88.0 Å². The van der Waals surface area contributed by atoms with E-state index in [9.17, 15) is 19.1 Å². The molecule has 0 atom stereocenters. The van der Waals surface area contributed by atoms with Crippen LogP contribution in [-0.4, -0.2) is 34.6 Å². The Morgan fingerprint density at radius 2 is 2.04 bits per heavy atom. The number of hydrogen-bond acceptors (Lipinski definition) is 5. The van der Waals surface area contributed by atoms with Crippen molar-refractivity contribution in [3.63, 3.8) is 0 Å². The number of rotatable bonds is 2. The highest BCUT2D eigenvalue weighted by Crippen LogP contribution is 2.29. The van der Waals surface area contributed by atoms with Crippen molar-refractivity contribution < 1.29 is 14.3 Å². The largest absolute Gasteiger partial charge is 0.477 e. The standard InChI is InChI=1S/C17H16FN3O3S/c1-8-21-12-7-13(20-4-2-9(19)3-5-20)11(18)6-10(12)15(22)14(17(23)24)16(21)25-8/h6-7,9H,1-5,19H2,(H,23,24). The maximum Gasteiger partial charge on any atom is 0.342 e. The Morgan fingerprint density at radius 1 is 1.36 bits per heavy atom. The number of carboxylic acids is 1. The van der Waals surface area contributed by atoms with E-state index in [1.807, 2.05) is 4.90 Å². The highest BCUT2D eigenvalue weighted by atomic mass is 32.1. The molecule has 3 aromatic rings. The van der Waals surface area contributed by atoms with Crippen molar-refractivity contribution in [2.75, 3.05) is 18.0 Å². The Balaban J connectivity index is 1.99. The van der Waals surface area contributed by atoms with Crippen LogP contribution >= 0.6 is 11.3 Å². The number of carbonyl (C=O) groups is 1. The molecule has 1 aliphatic heterocycles. The number of aromatic carboxylic acids is 1. The van der Waals surface area contributed by atoms with Gasteiger partial charge in [0.25, 0.3) is 0 Å². The first-order chi connectivity index (χ1) is 11.9. The quantitative estimate of drug-likeness (QED) is 0.721. The van der Waals surface area contributed by atoms with E-state index in [-0.39, 0.29) is 17.0 Å². The van der Waals surface area contributed by atoms with Gasteiger partial charge in [0.2, 0.25) is 5.43 Å². The van der Waals surface area contributed by atoms with Gasteiger partial charge >= 0.3 is 5.97 Å². The van der Waals surface area contributed by atoms with Gasteiger partial charge in [-0.2, -0.15) is 0 Å². The maximum atomic E-state index is 14.7. The van der Waals surface area contributed by atoms with Crippen molar-refractivity contribution >= 4 is 45.3 Å². The van der Waals surface area contributed by atoms with E-state index in [1.165, 1.54) is 0 Å². The molecule has 1 fully saturated rings. The zero-order valence-corrected chi connectivity index (χ0v) is 14.1. The zero-order chi connectivity index (χ0) is 17.9. The molecule has 25 heavy (non-hydrogen) atoms. The number of piperidine rings is 1. The number of anilines is 1. The van der Waals surface area contributed by atoms with E-state index < -0.39 is 17.2 Å². The average Bonchev–Trinajstić information content (AvgIpc) is 2.55. The Kier molecular flexibility index (Phi) is 3.55. The van der Waals surface area contributed by atoms with Gasteiger partial charge in [0.15, 0.2) is 0 Å².